The summed E-state index contributed by atoms with van der Waals surface area (Å²) in [6.07, 6.45) is -1.38. The van der Waals surface area contributed by atoms with Crippen LogP contribution in [-0.4, -0.2) is 35.0 Å². The van der Waals surface area contributed by atoms with Crippen LogP contribution >= 0.6 is 0 Å². The van der Waals surface area contributed by atoms with E-state index >= 15 is 0 Å². The van der Waals surface area contributed by atoms with E-state index in [0.717, 1.165) is 0 Å². The van der Waals surface area contributed by atoms with Crippen LogP contribution in [-0.2, 0) is 9.53 Å². The zero-order chi connectivity index (χ0) is 6.85. The van der Waals surface area contributed by atoms with Gasteiger partial charge < -0.3 is 14.9 Å². The zero-order valence-electron chi connectivity index (χ0n) is 4.78. The Morgan fingerprint density at radius 1 is 1.67 bits per heavy atom. The average Bonchev–Trinajstić information content (AvgIpc) is 2.13. The predicted molar refractivity (Wildman–Crippen MR) is 28.0 cm³/mol. The van der Waals surface area contributed by atoms with Crippen molar-refractivity contribution in [1.82, 2.24) is 0 Å². The molecular weight excluding hydrogens is 124 g/mol. The summed E-state index contributed by atoms with van der Waals surface area (Å²) >= 11 is 0. The topological polar surface area (TPSA) is 66.8 Å². The molecule has 1 saturated heterocycles. The fourth-order valence-corrected chi connectivity index (χ4v) is 0.814. The summed E-state index contributed by atoms with van der Waals surface area (Å²) in [7, 11) is 0. The average molecular weight is 132 g/mol. The molecule has 0 radical (unpaired) electrons. The minimum Gasteiger partial charge on any atom is -0.479 e. The predicted octanol–water partition coefficient (Wildman–Crippen LogP) is -0.779. The Balaban J connectivity index is 2.49. The van der Waals surface area contributed by atoms with Crippen molar-refractivity contribution in [3.8, 4) is 0 Å². The van der Waals surface area contributed by atoms with Crippen LogP contribution < -0.4 is 0 Å². The van der Waals surface area contributed by atoms with Crippen molar-refractivity contribution >= 4 is 5.97 Å². The molecule has 0 spiro atoms. The second kappa shape index (κ2) is 2.33. The molecular formula is C5H8O4. The number of aliphatic hydroxyl groups is 1. The maximum atomic E-state index is 10.1. The molecule has 1 heterocycles. The zero-order valence-corrected chi connectivity index (χ0v) is 4.78. The number of rotatable bonds is 1. The molecule has 0 aliphatic carbocycles. The molecule has 1 aliphatic rings. The van der Waals surface area contributed by atoms with Gasteiger partial charge in [-0.2, -0.15) is 0 Å². The standard InChI is InChI=1S/C5H8O4/c6-3-1-2-9-4(3)5(7)8/h3-4,6H,1-2H2,(H,7,8)/t3-,4-/m0/s1. The highest BCUT2D eigenvalue weighted by Crippen LogP contribution is 2.12. The number of carbonyl (C=O) groups is 1. The molecule has 4 heteroatoms. The third-order valence-electron chi connectivity index (χ3n) is 1.30. The molecule has 0 aromatic heterocycles. The van der Waals surface area contributed by atoms with E-state index in [1.165, 1.54) is 0 Å². The maximum Gasteiger partial charge on any atom is 0.335 e. The molecule has 2 N–H and O–H groups in total. The van der Waals surface area contributed by atoms with Crippen LogP contribution in [0.5, 0.6) is 0 Å². The smallest absolute Gasteiger partial charge is 0.335 e. The van der Waals surface area contributed by atoms with Gasteiger partial charge in [0.15, 0.2) is 6.10 Å². The van der Waals surface area contributed by atoms with Gasteiger partial charge in [-0.05, 0) is 6.42 Å². The molecule has 52 valence electrons. The summed E-state index contributed by atoms with van der Waals surface area (Å²) in [5.41, 5.74) is 0. The summed E-state index contributed by atoms with van der Waals surface area (Å²) < 4.78 is 4.68. The maximum absolute atomic E-state index is 10.1. The first-order chi connectivity index (χ1) is 4.22. The number of aliphatic carboxylic acids is 1. The van der Waals surface area contributed by atoms with Gasteiger partial charge in [-0.25, -0.2) is 4.79 Å². The van der Waals surface area contributed by atoms with Gasteiger partial charge >= 0.3 is 5.97 Å². The number of hydrogen-bond acceptors (Lipinski definition) is 3. The normalized spacial score (nSPS) is 34.8. The summed E-state index contributed by atoms with van der Waals surface area (Å²) in [5.74, 6) is -1.08. The van der Waals surface area contributed by atoms with Crippen LogP contribution in [0.4, 0.5) is 0 Å². The van der Waals surface area contributed by atoms with E-state index in [1.54, 1.807) is 0 Å². The van der Waals surface area contributed by atoms with E-state index in [4.69, 9.17) is 10.2 Å². The number of hydrogen-bond donors (Lipinski definition) is 2. The van der Waals surface area contributed by atoms with Gasteiger partial charge in [-0.3, -0.25) is 0 Å². The Bertz CT molecular complexity index is 122. The molecule has 0 bridgehead atoms. The summed E-state index contributed by atoms with van der Waals surface area (Å²) in [4.78, 5) is 10.1. The van der Waals surface area contributed by atoms with Gasteiger partial charge in [0.25, 0.3) is 0 Å². The van der Waals surface area contributed by atoms with Crippen molar-refractivity contribution in [1.29, 1.82) is 0 Å². The Kier molecular flexibility index (Phi) is 1.68. The highest BCUT2D eigenvalue weighted by atomic mass is 16.5. The van der Waals surface area contributed by atoms with Crippen LogP contribution in [0.2, 0.25) is 0 Å². The highest BCUT2D eigenvalue weighted by molar-refractivity contribution is 5.73. The number of carboxylic acids is 1. The van der Waals surface area contributed by atoms with Crippen LogP contribution in [0.3, 0.4) is 0 Å². The van der Waals surface area contributed by atoms with E-state index in [-0.39, 0.29) is 0 Å². The monoisotopic (exact) mass is 132 g/mol. The molecule has 2 atom stereocenters. The quantitative estimate of drug-likeness (QED) is 0.491. The first kappa shape index (κ1) is 6.51. The number of aliphatic hydroxyl groups excluding tert-OH is 1. The van der Waals surface area contributed by atoms with E-state index in [2.05, 4.69) is 4.74 Å². The Hall–Kier alpha value is -0.610. The molecule has 4 nitrogen and oxygen atoms in total. The summed E-state index contributed by atoms with van der Waals surface area (Å²) in [6.45, 7) is 0.345. The fraction of sp³-hybridized carbons (Fsp3) is 0.800. The summed E-state index contributed by atoms with van der Waals surface area (Å²) in [5, 5.41) is 17.2. The fourth-order valence-electron chi connectivity index (χ4n) is 0.814. The van der Waals surface area contributed by atoms with Crippen molar-refractivity contribution in [3.05, 3.63) is 0 Å². The van der Waals surface area contributed by atoms with E-state index in [0.29, 0.717) is 13.0 Å². The Morgan fingerprint density at radius 3 is 2.56 bits per heavy atom. The SMILES string of the molecule is O=C(O)[C@H]1OCC[C@@H]1O. The summed E-state index contributed by atoms with van der Waals surface area (Å²) in [6, 6.07) is 0. The lowest BCUT2D eigenvalue weighted by Crippen LogP contribution is -2.29. The van der Waals surface area contributed by atoms with E-state index < -0.39 is 18.2 Å². The third kappa shape index (κ3) is 1.20. The minimum atomic E-state index is -1.08. The first-order valence-electron chi connectivity index (χ1n) is 2.74. The largest absolute Gasteiger partial charge is 0.479 e. The minimum absolute atomic E-state index is 0.345. The lowest BCUT2D eigenvalue weighted by molar-refractivity contribution is -0.151. The van der Waals surface area contributed by atoms with Crippen molar-refractivity contribution in [3.63, 3.8) is 0 Å². The number of ether oxygens (including phenoxy) is 1. The van der Waals surface area contributed by atoms with Crippen molar-refractivity contribution in [2.75, 3.05) is 6.61 Å². The third-order valence-corrected chi connectivity index (χ3v) is 1.30. The van der Waals surface area contributed by atoms with Gasteiger partial charge in [-0.15, -0.1) is 0 Å². The first-order valence-corrected chi connectivity index (χ1v) is 2.74. The van der Waals surface area contributed by atoms with Crippen LogP contribution in [0.25, 0.3) is 0 Å². The van der Waals surface area contributed by atoms with E-state index in [9.17, 15) is 4.79 Å². The highest BCUT2D eigenvalue weighted by Gasteiger charge is 2.32. The van der Waals surface area contributed by atoms with E-state index in [1.807, 2.05) is 0 Å². The van der Waals surface area contributed by atoms with Gasteiger partial charge in [0.2, 0.25) is 0 Å². The van der Waals surface area contributed by atoms with Gasteiger partial charge in [0.1, 0.15) is 0 Å². The molecule has 9 heavy (non-hydrogen) atoms. The Labute approximate surface area is 52.1 Å². The molecule has 1 aliphatic heterocycles. The second-order valence-corrected chi connectivity index (χ2v) is 1.99. The lowest BCUT2D eigenvalue weighted by atomic mass is 10.2. The Morgan fingerprint density at radius 2 is 2.33 bits per heavy atom. The van der Waals surface area contributed by atoms with Gasteiger partial charge in [0.05, 0.1) is 12.7 Å². The van der Waals surface area contributed by atoms with Gasteiger partial charge in [0, 0.05) is 0 Å². The van der Waals surface area contributed by atoms with Crippen molar-refractivity contribution in [2.24, 2.45) is 0 Å². The molecule has 0 amide bonds. The molecule has 0 aromatic rings. The molecule has 0 aromatic carbocycles. The van der Waals surface area contributed by atoms with Crippen molar-refractivity contribution < 1.29 is 19.7 Å². The van der Waals surface area contributed by atoms with Crippen molar-refractivity contribution in [2.45, 2.75) is 18.6 Å². The molecule has 1 rings (SSSR count). The molecule has 0 unspecified atom stereocenters. The van der Waals surface area contributed by atoms with Crippen LogP contribution in [0, 0.1) is 0 Å². The lowest BCUT2D eigenvalue weighted by Gasteiger charge is -2.05. The number of carboxylic acid groups (broad SMARTS) is 1. The van der Waals surface area contributed by atoms with Gasteiger partial charge in [-0.1, -0.05) is 0 Å². The van der Waals surface area contributed by atoms with Crippen LogP contribution in [0.1, 0.15) is 6.42 Å². The molecule has 1 fully saturated rings. The van der Waals surface area contributed by atoms with Crippen LogP contribution in [0.15, 0.2) is 0 Å². The second-order valence-electron chi connectivity index (χ2n) is 1.99. The molecule has 0 saturated carbocycles.